The van der Waals surface area contributed by atoms with Gasteiger partial charge in [-0.3, -0.25) is 0 Å². The predicted molar refractivity (Wildman–Crippen MR) is 96.9 cm³/mol. The van der Waals surface area contributed by atoms with Crippen molar-refractivity contribution in [2.45, 2.75) is 25.4 Å². The molecule has 0 saturated heterocycles. The van der Waals surface area contributed by atoms with Crippen molar-refractivity contribution >= 4 is 17.0 Å². The van der Waals surface area contributed by atoms with Crippen LogP contribution in [0.3, 0.4) is 0 Å². The summed E-state index contributed by atoms with van der Waals surface area (Å²) in [7, 11) is 0. The van der Waals surface area contributed by atoms with Gasteiger partial charge < -0.3 is 10.6 Å². The summed E-state index contributed by atoms with van der Waals surface area (Å²) in [6.45, 7) is 1.61. The number of anilines is 1. The molecule has 1 unspecified atom stereocenters. The molecule has 1 atom stereocenters. The van der Waals surface area contributed by atoms with Gasteiger partial charge in [-0.2, -0.15) is 0 Å². The van der Waals surface area contributed by atoms with E-state index in [-0.39, 0.29) is 6.04 Å². The molecule has 2 N–H and O–H groups in total. The van der Waals surface area contributed by atoms with Crippen LogP contribution in [0.2, 0.25) is 0 Å². The Morgan fingerprint density at radius 2 is 2.00 bits per heavy atom. The lowest BCUT2D eigenvalue weighted by molar-refractivity contribution is 0.606. The van der Waals surface area contributed by atoms with Crippen LogP contribution in [0, 0.1) is 0 Å². The number of rotatable bonds is 3. The van der Waals surface area contributed by atoms with Gasteiger partial charge in [0.2, 0.25) is 0 Å². The maximum atomic E-state index is 6.27. The molecule has 0 amide bonds. The first-order valence-corrected chi connectivity index (χ1v) is 8.98. The second-order valence-electron chi connectivity index (χ2n) is 6.02. The molecular formula is C18H19N5S. The maximum absolute atomic E-state index is 6.27. The molecule has 1 aromatic carbocycles. The van der Waals surface area contributed by atoms with Crippen LogP contribution in [-0.2, 0) is 13.0 Å². The van der Waals surface area contributed by atoms with E-state index in [9.17, 15) is 0 Å². The van der Waals surface area contributed by atoms with Crippen LogP contribution in [-0.4, -0.2) is 27.5 Å². The van der Waals surface area contributed by atoms with E-state index in [2.05, 4.69) is 44.5 Å². The highest BCUT2D eigenvalue weighted by Crippen LogP contribution is 2.28. The molecule has 6 heteroatoms. The normalized spacial score (nSPS) is 17.4. The van der Waals surface area contributed by atoms with Gasteiger partial charge in [0, 0.05) is 36.0 Å². The van der Waals surface area contributed by atoms with Crippen molar-refractivity contribution < 1.29 is 0 Å². The van der Waals surface area contributed by atoms with Gasteiger partial charge in [0.1, 0.15) is 0 Å². The van der Waals surface area contributed by atoms with Crippen molar-refractivity contribution in [2.24, 2.45) is 5.73 Å². The highest BCUT2D eigenvalue weighted by atomic mass is 32.1. The van der Waals surface area contributed by atoms with E-state index in [1.54, 1.807) is 23.7 Å². The van der Waals surface area contributed by atoms with Crippen LogP contribution >= 0.6 is 11.3 Å². The van der Waals surface area contributed by atoms with Crippen LogP contribution in [0.5, 0.6) is 0 Å². The molecule has 1 aliphatic heterocycles. The molecule has 1 aliphatic rings. The van der Waals surface area contributed by atoms with Gasteiger partial charge in [0.05, 0.1) is 12.2 Å². The van der Waals surface area contributed by atoms with Gasteiger partial charge in [-0.05, 0) is 30.5 Å². The van der Waals surface area contributed by atoms with Crippen molar-refractivity contribution in [2.75, 3.05) is 11.4 Å². The van der Waals surface area contributed by atoms with Crippen molar-refractivity contribution in [3.63, 3.8) is 0 Å². The fourth-order valence-corrected chi connectivity index (χ4v) is 3.84. The van der Waals surface area contributed by atoms with Crippen molar-refractivity contribution in [1.29, 1.82) is 0 Å². The zero-order valence-electron chi connectivity index (χ0n) is 13.3. The largest absolute Gasteiger partial charge is 0.364 e. The summed E-state index contributed by atoms with van der Waals surface area (Å²) in [5, 5.41) is 2.95. The molecule has 4 rings (SSSR count). The third kappa shape index (κ3) is 3.16. The van der Waals surface area contributed by atoms with Gasteiger partial charge in [-0.1, -0.05) is 18.2 Å². The summed E-state index contributed by atoms with van der Waals surface area (Å²) in [5.41, 5.74) is 9.95. The highest BCUT2D eigenvalue weighted by Gasteiger charge is 2.20. The smallest absolute Gasteiger partial charge is 0.188 e. The molecule has 3 aromatic rings. The third-order valence-electron chi connectivity index (χ3n) is 4.23. The minimum absolute atomic E-state index is 0.188. The Kier molecular flexibility index (Phi) is 4.23. The van der Waals surface area contributed by atoms with E-state index in [4.69, 9.17) is 10.7 Å². The van der Waals surface area contributed by atoms with Gasteiger partial charge in [0.15, 0.2) is 10.8 Å². The average molecular weight is 337 g/mol. The lowest BCUT2D eigenvalue weighted by Crippen LogP contribution is -2.36. The number of fused-ring (bicyclic) bond motifs is 1. The van der Waals surface area contributed by atoms with Crippen molar-refractivity contribution in [3.8, 4) is 10.8 Å². The molecule has 0 saturated carbocycles. The molecule has 0 aliphatic carbocycles. The van der Waals surface area contributed by atoms with Crippen LogP contribution in [0.4, 0.5) is 5.69 Å². The zero-order chi connectivity index (χ0) is 16.4. The summed E-state index contributed by atoms with van der Waals surface area (Å²) < 4.78 is 0. The molecule has 0 radical (unpaired) electrons. The van der Waals surface area contributed by atoms with E-state index < -0.39 is 0 Å². The molecule has 0 fully saturated rings. The van der Waals surface area contributed by atoms with Crippen molar-refractivity contribution in [3.05, 3.63) is 59.4 Å². The fourth-order valence-electron chi connectivity index (χ4n) is 3.08. The van der Waals surface area contributed by atoms with E-state index in [0.29, 0.717) is 5.82 Å². The monoisotopic (exact) mass is 337 g/mol. The summed E-state index contributed by atoms with van der Waals surface area (Å²) in [4.78, 5) is 15.6. The number of thiazole rings is 1. The number of nitrogens with zero attached hydrogens (tertiary/aromatic N) is 4. The number of aryl methyl sites for hydroxylation is 1. The first-order chi connectivity index (χ1) is 11.8. The molecule has 24 heavy (non-hydrogen) atoms. The Hall–Kier alpha value is -2.31. The first kappa shape index (κ1) is 15.2. The standard InChI is InChI=1S/C18H19N5S/c19-14-7-6-13-4-1-2-5-16(13)23(10-14)11-15-12-24-18(22-15)17-20-8-3-9-21-17/h1-5,8-9,12,14H,6-7,10-11,19H2. The molecule has 0 spiro atoms. The quantitative estimate of drug-likeness (QED) is 0.796. The summed E-state index contributed by atoms with van der Waals surface area (Å²) in [5.74, 6) is 0.682. The Bertz CT molecular complexity index is 817. The maximum Gasteiger partial charge on any atom is 0.188 e. The summed E-state index contributed by atoms with van der Waals surface area (Å²) in [6, 6.07) is 10.6. The van der Waals surface area contributed by atoms with Crippen molar-refractivity contribution in [1.82, 2.24) is 15.0 Å². The number of aromatic nitrogens is 3. The minimum Gasteiger partial charge on any atom is -0.364 e. The topological polar surface area (TPSA) is 67.9 Å². The number of nitrogens with two attached hydrogens (primary N) is 1. The molecule has 3 heterocycles. The summed E-state index contributed by atoms with van der Waals surface area (Å²) in [6.07, 6.45) is 5.54. The Morgan fingerprint density at radius 3 is 2.88 bits per heavy atom. The van der Waals surface area contributed by atoms with E-state index >= 15 is 0 Å². The minimum atomic E-state index is 0.188. The second-order valence-corrected chi connectivity index (χ2v) is 6.88. The van der Waals surface area contributed by atoms with Gasteiger partial charge >= 0.3 is 0 Å². The van der Waals surface area contributed by atoms with Gasteiger partial charge in [-0.25, -0.2) is 15.0 Å². The SMILES string of the molecule is NC1CCc2ccccc2N(Cc2csc(-c3ncccn3)n2)C1. The first-order valence-electron chi connectivity index (χ1n) is 8.10. The second kappa shape index (κ2) is 6.67. The van der Waals surface area contributed by atoms with Gasteiger partial charge in [0.25, 0.3) is 0 Å². The number of benzene rings is 1. The third-order valence-corrected chi connectivity index (χ3v) is 5.12. The number of hydrogen-bond acceptors (Lipinski definition) is 6. The Morgan fingerprint density at radius 1 is 1.17 bits per heavy atom. The predicted octanol–water partition coefficient (Wildman–Crippen LogP) is 2.88. The number of hydrogen-bond donors (Lipinski definition) is 1. The molecule has 0 bridgehead atoms. The van der Waals surface area contributed by atoms with Gasteiger partial charge in [-0.15, -0.1) is 11.3 Å². The van der Waals surface area contributed by atoms with Crippen LogP contribution in [0.1, 0.15) is 17.7 Å². The lowest BCUT2D eigenvalue weighted by Gasteiger charge is -2.25. The molecular weight excluding hydrogens is 318 g/mol. The zero-order valence-corrected chi connectivity index (χ0v) is 14.1. The molecule has 122 valence electrons. The fraction of sp³-hybridized carbons (Fsp3) is 0.278. The lowest BCUT2D eigenvalue weighted by atomic mass is 10.1. The van der Waals surface area contributed by atoms with E-state index in [1.807, 2.05) is 6.07 Å². The average Bonchev–Trinajstić information content (AvgIpc) is 3.02. The highest BCUT2D eigenvalue weighted by molar-refractivity contribution is 7.13. The van der Waals surface area contributed by atoms with E-state index in [0.717, 1.165) is 36.6 Å². The Balaban J connectivity index is 1.60. The molecule has 5 nitrogen and oxygen atoms in total. The van der Waals surface area contributed by atoms with E-state index in [1.165, 1.54) is 11.3 Å². The molecule has 2 aromatic heterocycles. The van der Waals surface area contributed by atoms with Crippen LogP contribution in [0.25, 0.3) is 10.8 Å². The van der Waals surface area contributed by atoms with Crippen LogP contribution < -0.4 is 10.6 Å². The number of para-hydroxylation sites is 1. The summed E-state index contributed by atoms with van der Waals surface area (Å²) >= 11 is 1.58. The van der Waals surface area contributed by atoms with Crippen LogP contribution in [0.15, 0.2) is 48.1 Å². The Labute approximate surface area is 145 Å².